The zero-order valence-corrected chi connectivity index (χ0v) is 20.5. The summed E-state index contributed by atoms with van der Waals surface area (Å²) in [6.07, 6.45) is 10.3. The van der Waals surface area contributed by atoms with E-state index in [4.69, 9.17) is 9.98 Å². The molecule has 0 aromatic heterocycles. The van der Waals surface area contributed by atoms with E-state index in [1.165, 1.54) is 116 Å². The molecular formula is C25H46N6. The molecule has 4 heterocycles. The highest BCUT2D eigenvalue weighted by Crippen LogP contribution is 2.34. The summed E-state index contributed by atoms with van der Waals surface area (Å²) in [4.78, 5) is 19.9. The van der Waals surface area contributed by atoms with Crippen molar-refractivity contribution in [2.45, 2.75) is 72.1 Å². The third-order valence-corrected chi connectivity index (χ3v) is 7.71. The molecule has 4 aliphatic heterocycles. The second-order valence-corrected chi connectivity index (χ2v) is 11.1. The average Bonchev–Trinajstić information content (AvgIpc) is 2.77. The minimum Gasteiger partial charge on any atom is -0.343 e. The first-order valence-electron chi connectivity index (χ1n) is 13.1. The van der Waals surface area contributed by atoms with Gasteiger partial charge in [-0.15, -0.1) is 0 Å². The average molecular weight is 431 g/mol. The van der Waals surface area contributed by atoms with Gasteiger partial charge < -0.3 is 19.6 Å². The Morgan fingerprint density at radius 1 is 0.677 bits per heavy atom. The Bertz CT molecular complexity index is 588. The Morgan fingerprint density at radius 2 is 1.13 bits per heavy atom. The van der Waals surface area contributed by atoms with Crippen LogP contribution in [0.4, 0.5) is 0 Å². The predicted molar refractivity (Wildman–Crippen MR) is 131 cm³/mol. The molecule has 0 aromatic carbocycles. The summed E-state index contributed by atoms with van der Waals surface area (Å²) < 4.78 is 0. The fourth-order valence-corrected chi connectivity index (χ4v) is 5.90. The normalized spacial score (nSPS) is 22.3. The first-order chi connectivity index (χ1) is 15.0. The molecule has 0 bridgehead atoms. The largest absolute Gasteiger partial charge is 0.343 e. The minimum atomic E-state index is 0.382. The van der Waals surface area contributed by atoms with Crippen LogP contribution in [-0.4, -0.2) is 97.0 Å². The lowest BCUT2D eigenvalue weighted by Crippen LogP contribution is -2.52. The molecule has 6 heteroatoms. The summed E-state index contributed by atoms with van der Waals surface area (Å²) in [5.41, 5.74) is 0.382. The minimum absolute atomic E-state index is 0.382. The van der Waals surface area contributed by atoms with Gasteiger partial charge in [0.1, 0.15) is 0 Å². The summed E-state index contributed by atoms with van der Waals surface area (Å²) in [7, 11) is 0. The van der Waals surface area contributed by atoms with Gasteiger partial charge in [0.2, 0.25) is 0 Å². The van der Waals surface area contributed by atoms with Gasteiger partial charge in [-0.25, -0.2) is 0 Å². The number of hydrogen-bond acceptors (Lipinski definition) is 6. The highest BCUT2D eigenvalue weighted by molar-refractivity contribution is 5.81. The van der Waals surface area contributed by atoms with E-state index in [1.807, 2.05) is 0 Å². The van der Waals surface area contributed by atoms with Crippen molar-refractivity contribution in [3.63, 3.8) is 0 Å². The van der Waals surface area contributed by atoms with Gasteiger partial charge in [0.15, 0.2) is 11.9 Å². The van der Waals surface area contributed by atoms with Crippen LogP contribution in [0.3, 0.4) is 0 Å². The van der Waals surface area contributed by atoms with E-state index >= 15 is 0 Å². The molecule has 0 amide bonds. The van der Waals surface area contributed by atoms with E-state index in [0.717, 1.165) is 19.0 Å². The fraction of sp³-hybridized carbons (Fsp3) is 0.920. The third kappa shape index (κ3) is 5.87. The van der Waals surface area contributed by atoms with Crippen molar-refractivity contribution in [3.05, 3.63) is 0 Å². The van der Waals surface area contributed by atoms with Gasteiger partial charge in [-0.3, -0.25) is 9.98 Å². The van der Waals surface area contributed by atoms with E-state index in [2.05, 4.69) is 40.4 Å². The first kappa shape index (κ1) is 22.7. The molecule has 0 radical (unpaired) electrons. The molecule has 0 spiro atoms. The highest BCUT2D eigenvalue weighted by atomic mass is 15.4. The summed E-state index contributed by atoms with van der Waals surface area (Å²) in [5, 5.41) is 0. The number of rotatable bonds is 8. The fourth-order valence-electron chi connectivity index (χ4n) is 5.90. The topological polar surface area (TPSA) is 37.7 Å². The van der Waals surface area contributed by atoms with Crippen LogP contribution < -0.4 is 0 Å². The van der Waals surface area contributed by atoms with Crippen LogP contribution in [0.25, 0.3) is 0 Å². The van der Waals surface area contributed by atoms with Gasteiger partial charge in [-0.05, 0) is 62.7 Å². The molecule has 31 heavy (non-hydrogen) atoms. The van der Waals surface area contributed by atoms with E-state index in [1.54, 1.807) is 0 Å². The molecule has 4 aliphatic rings. The quantitative estimate of drug-likeness (QED) is 0.588. The zero-order valence-electron chi connectivity index (χ0n) is 20.5. The Labute approximate surface area is 190 Å². The molecule has 2 saturated heterocycles. The number of guanidine groups is 2. The smallest absolute Gasteiger partial charge is 0.196 e. The van der Waals surface area contributed by atoms with Gasteiger partial charge >= 0.3 is 0 Å². The summed E-state index contributed by atoms with van der Waals surface area (Å²) >= 11 is 0. The SMILES string of the molecule is CC(C)(C)C(CCCN1CCCN2CCCN=C21)CCCN1CCCN2CCCN=C21. The van der Waals surface area contributed by atoms with Crippen molar-refractivity contribution in [1.82, 2.24) is 19.6 Å². The maximum atomic E-state index is 4.86. The first-order valence-corrected chi connectivity index (χ1v) is 13.1. The van der Waals surface area contributed by atoms with E-state index < -0.39 is 0 Å². The van der Waals surface area contributed by atoms with Crippen LogP contribution in [0, 0.1) is 11.3 Å². The van der Waals surface area contributed by atoms with Crippen molar-refractivity contribution in [2.75, 3.05) is 65.4 Å². The lowest BCUT2D eigenvalue weighted by molar-refractivity contribution is 0.180. The van der Waals surface area contributed by atoms with E-state index in [-0.39, 0.29) is 0 Å². The number of nitrogens with zero attached hydrogens (tertiary/aromatic N) is 6. The number of hydrogen-bond donors (Lipinski definition) is 0. The molecule has 0 unspecified atom stereocenters. The Kier molecular flexibility index (Phi) is 7.65. The Morgan fingerprint density at radius 3 is 1.58 bits per heavy atom. The van der Waals surface area contributed by atoms with Crippen LogP contribution in [0.15, 0.2) is 9.98 Å². The number of aliphatic imine (C=N–C) groups is 2. The van der Waals surface area contributed by atoms with Crippen molar-refractivity contribution in [3.8, 4) is 0 Å². The molecule has 0 saturated carbocycles. The third-order valence-electron chi connectivity index (χ3n) is 7.71. The van der Waals surface area contributed by atoms with Crippen molar-refractivity contribution in [1.29, 1.82) is 0 Å². The van der Waals surface area contributed by atoms with Crippen LogP contribution in [-0.2, 0) is 0 Å². The standard InChI is InChI=1S/C25H46N6/c1-25(2,3)22(10-4-14-28-18-8-20-30-16-6-12-26-23(28)30)11-5-15-29-19-9-21-31-17-7-13-27-24(29)31/h22H,4-21H2,1-3H3. The predicted octanol–water partition coefficient (Wildman–Crippen LogP) is 3.74. The summed E-state index contributed by atoms with van der Waals surface area (Å²) in [6.45, 7) is 19.0. The molecule has 6 nitrogen and oxygen atoms in total. The maximum absolute atomic E-state index is 4.86. The number of fused-ring (bicyclic) bond motifs is 2. The monoisotopic (exact) mass is 430 g/mol. The van der Waals surface area contributed by atoms with Gasteiger partial charge in [0.05, 0.1) is 0 Å². The van der Waals surface area contributed by atoms with Crippen LogP contribution in [0.2, 0.25) is 0 Å². The van der Waals surface area contributed by atoms with E-state index in [0.29, 0.717) is 5.41 Å². The van der Waals surface area contributed by atoms with Gasteiger partial charge in [-0.1, -0.05) is 20.8 Å². The van der Waals surface area contributed by atoms with Gasteiger partial charge in [-0.2, -0.15) is 0 Å². The molecular weight excluding hydrogens is 384 g/mol. The van der Waals surface area contributed by atoms with Gasteiger partial charge in [0, 0.05) is 65.4 Å². The molecule has 0 aliphatic carbocycles. The Hall–Kier alpha value is -1.46. The molecule has 2 fully saturated rings. The lowest BCUT2D eigenvalue weighted by atomic mass is 9.75. The Balaban J connectivity index is 1.24. The maximum Gasteiger partial charge on any atom is 0.196 e. The van der Waals surface area contributed by atoms with Crippen LogP contribution >= 0.6 is 0 Å². The second-order valence-electron chi connectivity index (χ2n) is 11.1. The van der Waals surface area contributed by atoms with Crippen molar-refractivity contribution < 1.29 is 0 Å². The molecule has 4 rings (SSSR count). The van der Waals surface area contributed by atoms with E-state index in [9.17, 15) is 0 Å². The second kappa shape index (κ2) is 10.4. The van der Waals surface area contributed by atoms with Crippen LogP contribution in [0.5, 0.6) is 0 Å². The molecule has 0 aromatic rings. The summed E-state index contributed by atoms with van der Waals surface area (Å²) in [5.74, 6) is 3.39. The van der Waals surface area contributed by atoms with Crippen molar-refractivity contribution >= 4 is 11.9 Å². The zero-order chi connectivity index (χ0) is 21.7. The molecule has 0 N–H and O–H groups in total. The van der Waals surface area contributed by atoms with Crippen molar-refractivity contribution in [2.24, 2.45) is 21.3 Å². The lowest BCUT2D eigenvalue weighted by Gasteiger charge is -2.42. The molecule has 0 atom stereocenters. The summed E-state index contributed by atoms with van der Waals surface area (Å²) in [6, 6.07) is 0. The highest BCUT2D eigenvalue weighted by Gasteiger charge is 2.29. The molecule has 176 valence electrons. The van der Waals surface area contributed by atoms with Crippen LogP contribution in [0.1, 0.15) is 72.1 Å². The van der Waals surface area contributed by atoms with Gasteiger partial charge in [0.25, 0.3) is 0 Å².